The summed E-state index contributed by atoms with van der Waals surface area (Å²) in [5, 5.41) is 9.61. The number of hydrogen-bond acceptors (Lipinski definition) is 3. The van der Waals surface area contributed by atoms with Gasteiger partial charge >= 0.3 is 0 Å². The summed E-state index contributed by atoms with van der Waals surface area (Å²) in [7, 11) is 0. The number of amides is 2. The van der Waals surface area contributed by atoms with Gasteiger partial charge in [0, 0.05) is 12.6 Å². The molecule has 1 aliphatic rings. The van der Waals surface area contributed by atoms with Crippen molar-refractivity contribution in [1.82, 2.24) is 4.90 Å². The van der Waals surface area contributed by atoms with E-state index in [1.165, 1.54) is 11.0 Å². The monoisotopic (exact) mass is 266 g/mol. The fourth-order valence-electron chi connectivity index (χ4n) is 2.31. The first kappa shape index (κ1) is 13.3. The number of carbonyl (C=O) groups excluding carboxylic acids is 2. The summed E-state index contributed by atoms with van der Waals surface area (Å²) < 4.78 is 12.9. The van der Waals surface area contributed by atoms with Crippen molar-refractivity contribution in [2.45, 2.75) is 25.3 Å². The first-order valence-corrected chi connectivity index (χ1v) is 6.09. The van der Waals surface area contributed by atoms with E-state index < -0.39 is 29.4 Å². The number of phenols is 1. The number of likely N-dealkylation sites (tertiary alicyclic amines) is 1. The standard InChI is InChI=1S/C13H15FN2O3/c14-8-4-5-9(11(17)7-8)13(19)16-6-2-1-3-10(16)12(15)18/h4-5,7,10,17H,1-3,6H2,(H2,15,18). The van der Waals surface area contributed by atoms with E-state index in [9.17, 15) is 19.1 Å². The Kier molecular flexibility index (Phi) is 3.69. The fourth-order valence-corrected chi connectivity index (χ4v) is 2.31. The van der Waals surface area contributed by atoms with Gasteiger partial charge in [0.1, 0.15) is 17.6 Å². The van der Waals surface area contributed by atoms with E-state index in [0.717, 1.165) is 25.0 Å². The summed E-state index contributed by atoms with van der Waals surface area (Å²) in [4.78, 5) is 25.0. The quantitative estimate of drug-likeness (QED) is 0.838. The van der Waals surface area contributed by atoms with Crippen molar-refractivity contribution in [3.05, 3.63) is 29.6 Å². The van der Waals surface area contributed by atoms with Crippen LogP contribution in [-0.2, 0) is 4.79 Å². The van der Waals surface area contributed by atoms with Gasteiger partial charge in [0.2, 0.25) is 5.91 Å². The van der Waals surface area contributed by atoms with E-state index in [2.05, 4.69) is 0 Å². The van der Waals surface area contributed by atoms with E-state index in [-0.39, 0.29) is 5.56 Å². The highest BCUT2D eigenvalue weighted by molar-refractivity contribution is 5.99. The van der Waals surface area contributed by atoms with Crippen molar-refractivity contribution < 1.29 is 19.1 Å². The highest BCUT2D eigenvalue weighted by Crippen LogP contribution is 2.24. The van der Waals surface area contributed by atoms with Crippen molar-refractivity contribution in [1.29, 1.82) is 0 Å². The molecule has 1 heterocycles. The Balaban J connectivity index is 2.28. The number of primary amides is 1. The number of carbonyl (C=O) groups is 2. The second-order valence-corrected chi connectivity index (χ2v) is 4.57. The molecule has 1 atom stereocenters. The molecule has 1 aromatic rings. The normalized spacial score (nSPS) is 19.2. The predicted molar refractivity (Wildman–Crippen MR) is 65.9 cm³/mol. The molecule has 5 nitrogen and oxygen atoms in total. The molecule has 0 aromatic heterocycles. The van der Waals surface area contributed by atoms with Gasteiger partial charge in [0.15, 0.2) is 0 Å². The molecule has 2 rings (SSSR count). The fraction of sp³-hybridized carbons (Fsp3) is 0.385. The van der Waals surface area contributed by atoms with Gasteiger partial charge in [-0.2, -0.15) is 0 Å². The summed E-state index contributed by atoms with van der Waals surface area (Å²) in [6.07, 6.45) is 2.12. The van der Waals surface area contributed by atoms with Gasteiger partial charge in [0.25, 0.3) is 5.91 Å². The maximum atomic E-state index is 12.9. The predicted octanol–water partition coefficient (Wildman–Crippen LogP) is 1.01. The Bertz CT molecular complexity index is 519. The van der Waals surface area contributed by atoms with Crippen molar-refractivity contribution in [2.24, 2.45) is 5.73 Å². The average molecular weight is 266 g/mol. The van der Waals surface area contributed by atoms with E-state index in [1.807, 2.05) is 0 Å². The van der Waals surface area contributed by atoms with Crippen LogP contribution in [-0.4, -0.2) is 34.4 Å². The molecule has 1 aromatic carbocycles. The van der Waals surface area contributed by atoms with Crippen LogP contribution in [0.15, 0.2) is 18.2 Å². The molecule has 0 saturated carbocycles. The lowest BCUT2D eigenvalue weighted by molar-refractivity contribution is -0.123. The van der Waals surface area contributed by atoms with Crippen LogP contribution in [0.4, 0.5) is 4.39 Å². The van der Waals surface area contributed by atoms with Gasteiger partial charge in [-0.25, -0.2) is 4.39 Å². The number of aromatic hydroxyl groups is 1. The minimum atomic E-state index is -0.661. The van der Waals surface area contributed by atoms with E-state index in [0.29, 0.717) is 13.0 Å². The van der Waals surface area contributed by atoms with Crippen LogP contribution < -0.4 is 5.73 Å². The molecule has 0 radical (unpaired) electrons. The van der Waals surface area contributed by atoms with Crippen molar-refractivity contribution >= 4 is 11.8 Å². The smallest absolute Gasteiger partial charge is 0.258 e. The first-order chi connectivity index (χ1) is 9.00. The molecule has 0 spiro atoms. The number of piperidine rings is 1. The zero-order valence-corrected chi connectivity index (χ0v) is 10.3. The molecule has 19 heavy (non-hydrogen) atoms. The van der Waals surface area contributed by atoms with Gasteiger partial charge < -0.3 is 15.7 Å². The third kappa shape index (κ3) is 2.67. The van der Waals surface area contributed by atoms with Gasteiger partial charge in [-0.1, -0.05) is 0 Å². The number of nitrogens with zero attached hydrogens (tertiary/aromatic N) is 1. The topological polar surface area (TPSA) is 83.6 Å². The number of halogens is 1. The second-order valence-electron chi connectivity index (χ2n) is 4.57. The molecule has 0 aliphatic carbocycles. The van der Waals surface area contributed by atoms with Crippen LogP contribution in [0, 0.1) is 5.82 Å². The minimum absolute atomic E-state index is 0.0189. The lowest BCUT2D eigenvalue weighted by Crippen LogP contribution is -2.50. The molecular formula is C13H15FN2O3. The van der Waals surface area contributed by atoms with Gasteiger partial charge in [-0.3, -0.25) is 9.59 Å². The van der Waals surface area contributed by atoms with E-state index in [1.54, 1.807) is 0 Å². The number of rotatable bonds is 2. The molecular weight excluding hydrogens is 251 g/mol. The molecule has 1 fully saturated rings. The number of benzene rings is 1. The number of hydrogen-bond donors (Lipinski definition) is 2. The summed E-state index contributed by atoms with van der Waals surface area (Å²) in [6, 6.07) is 2.51. The summed E-state index contributed by atoms with van der Waals surface area (Å²) >= 11 is 0. The summed E-state index contributed by atoms with van der Waals surface area (Å²) in [6.45, 7) is 0.406. The lowest BCUT2D eigenvalue weighted by Gasteiger charge is -2.33. The van der Waals surface area contributed by atoms with E-state index >= 15 is 0 Å². The van der Waals surface area contributed by atoms with Crippen molar-refractivity contribution in [3.63, 3.8) is 0 Å². The Morgan fingerprint density at radius 1 is 1.37 bits per heavy atom. The molecule has 1 saturated heterocycles. The second kappa shape index (κ2) is 5.26. The first-order valence-electron chi connectivity index (χ1n) is 6.09. The molecule has 2 amide bonds. The summed E-state index contributed by atoms with van der Waals surface area (Å²) in [5.41, 5.74) is 5.26. The molecule has 1 unspecified atom stereocenters. The summed E-state index contributed by atoms with van der Waals surface area (Å²) in [5.74, 6) is -2.12. The zero-order valence-electron chi connectivity index (χ0n) is 10.3. The molecule has 3 N–H and O–H groups in total. The highest BCUT2D eigenvalue weighted by Gasteiger charge is 2.32. The maximum Gasteiger partial charge on any atom is 0.258 e. The third-order valence-electron chi connectivity index (χ3n) is 3.28. The van der Waals surface area contributed by atoms with Crippen molar-refractivity contribution in [3.8, 4) is 5.75 Å². The van der Waals surface area contributed by atoms with Crippen LogP contribution in [0.3, 0.4) is 0 Å². The average Bonchev–Trinajstić information content (AvgIpc) is 2.38. The Hall–Kier alpha value is -2.11. The Labute approximate surface area is 109 Å². The van der Waals surface area contributed by atoms with Crippen molar-refractivity contribution in [2.75, 3.05) is 6.54 Å². The SMILES string of the molecule is NC(=O)C1CCCCN1C(=O)c1ccc(F)cc1O. The molecule has 6 heteroatoms. The highest BCUT2D eigenvalue weighted by atomic mass is 19.1. The van der Waals surface area contributed by atoms with Crippen LogP contribution >= 0.6 is 0 Å². The van der Waals surface area contributed by atoms with Gasteiger partial charge in [-0.15, -0.1) is 0 Å². The lowest BCUT2D eigenvalue weighted by atomic mass is 10.00. The Morgan fingerprint density at radius 2 is 2.11 bits per heavy atom. The minimum Gasteiger partial charge on any atom is -0.507 e. The molecule has 102 valence electrons. The van der Waals surface area contributed by atoms with Crippen LogP contribution in [0.1, 0.15) is 29.6 Å². The van der Waals surface area contributed by atoms with Gasteiger partial charge in [0.05, 0.1) is 5.56 Å². The van der Waals surface area contributed by atoms with Gasteiger partial charge in [-0.05, 0) is 31.4 Å². The number of nitrogens with two attached hydrogens (primary N) is 1. The van der Waals surface area contributed by atoms with E-state index in [4.69, 9.17) is 5.73 Å². The third-order valence-corrected chi connectivity index (χ3v) is 3.28. The maximum absolute atomic E-state index is 12.9. The van der Waals surface area contributed by atoms with Crippen LogP contribution in [0.5, 0.6) is 5.75 Å². The Morgan fingerprint density at radius 3 is 2.74 bits per heavy atom. The van der Waals surface area contributed by atoms with Crippen LogP contribution in [0.25, 0.3) is 0 Å². The molecule has 0 bridgehead atoms. The largest absolute Gasteiger partial charge is 0.507 e. The number of phenolic OH excluding ortho intramolecular Hbond substituents is 1. The van der Waals surface area contributed by atoms with Crippen LogP contribution in [0.2, 0.25) is 0 Å². The molecule has 1 aliphatic heterocycles. The zero-order chi connectivity index (χ0) is 14.0.